The Labute approximate surface area is 125 Å². The van der Waals surface area contributed by atoms with Gasteiger partial charge in [-0.3, -0.25) is 0 Å². The number of aliphatic hydroxyl groups excluding tert-OH is 2. The molecule has 0 aliphatic rings. The molecule has 0 saturated carbocycles. The molecule has 0 heterocycles. The van der Waals surface area contributed by atoms with E-state index in [4.69, 9.17) is 5.11 Å². The molecule has 0 aromatic carbocycles. The molecule has 0 aromatic rings. The third-order valence-corrected chi connectivity index (χ3v) is 4.09. The zero-order valence-corrected chi connectivity index (χ0v) is 13.4. The van der Waals surface area contributed by atoms with E-state index in [1.54, 1.807) is 0 Å². The predicted molar refractivity (Wildman–Crippen MR) is 84.8 cm³/mol. The zero-order chi connectivity index (χ0) is 15.1. The number of unbranched alkanes of at least 4 members (excludes halogenated alkanes) is 9. The SMILES string of the molecule is CCCCCCCCCCC[C@](O)(CO)CCCCO. The Hall–Kier alpha value is -0.120. The first-order chi connectivity index (χ1) is 9.68. The Kier molecular flexibility index (Phi) is 13.8. The highest BCUT2D eigenvalue weighted by Gasteiger charge is 2.24. The van der Waals surface area contributed by atoms with Gasteiger partial charge in [0.2, 0.25) is 0 Å². The van der Waals surface area contributed by atoms with E-state index in [1.165, 1.54) is 44.9 Å². The van der Waals surface area contributed by atoms with Gasteiger partial charge in [-0.1, -0.05) is 64.7 Å². The van der Waals surface area contributed by atoms with Gasteiger partial charge in [0.15, 0.2) is 0 Å². The van der Waals surface area contributed by atoms with Crippen molar-refractivity contribution in [2.24, 2.45) is 0 Å². The van der Waals surface area contributed by atoms with Crippen molar-refractivity contribution in [2.45, 2.75) is 96.0 Å². The molecule has 0 aliphatic heterocycles. The molecule has 0 radical (unpaired) electrons. The summed E-state index contributed by atoms with van der Waals surface area (Å²) in [5, 5.41) is 28.3. The van der Waals surface area contributed by atoms with E-state index < -0.39 is 5.60 Å². The Bertz CT molecular complexity index is 197. The summed E-state index contributed by atoms with van der Waals surface area (Å²) in [6.07, 6.45) is 14.2. The second kappa shape index (κ2) is 13.8. The van der Waals surface area contributed by atoms with E-state index in [9.17, 15) is 10.2 Å². The van der Waals surface area contributed by atoms with Gasteiger partial charge in [-0.05, 0) is 25.7 Å². The normalized spacial score (nSPS) is 14.4. The molecule has 122 valence electrons. The lowest BCUT2D eigenvalue weighted by atomic mass is 9.91. The van der Waals surface area contributed by atoms with Crippen LogP contribution in [0.15, 0.2) is 0 Å². The minimum Gasteiger partial charge on any atom is -0.396 e. The molecule has 0 fully saturated rings. The molecule has 0 unspecified atom stereocenters. The predicted octanol–water partition coefficient (Wildman–Crippen LogP) is 3.79. The maximum absolute atomic E-state index is 10.2. The number of aliphatic hydroxyl groups is 3. The van der Waals surface area contributed by atoms with Gasteiger partial charge in [0.1, 0.15) is 0 Å². The van der Waals surface area contributed by atoms with E-state index in [0.29, 0.717) is 19.3 Å². The molecule has 20 heavy (non-hydrogen) atoms. The fourth-order valence-electron chi connectivity index (χ4n) is 2.61. The second-order valence-electron chi connectivity index (χ2n) is 6.14. The molecule has 3 N–H and O–H groups in total. The smallest absolute Gasteiger partial charge is 0.0877 e. The van der Waals surface area contributed by atoms with Gasteiger partial charge < -0.3 is 15.3 Å². The van der Waals surface area contributed by atoms with E-state index in [-0.39, 0.29) is 13.2 Å². The summed E-state index contributed by atoms with van der Waals surface area (Å²) in [5.41, 5.74) is -0.920. The molecule has 1 atom stereocenters. The summed E-state index contributed by atoms with van der Waals surface area (Å²) >= 11 is 0. The van der Waals surface area contributed by atoms with E-state index in [1.807, 2.05) is 0 Å². The monoisotopic (exact) mass is 288 g/mol. The van der Waals surface area contributed by atoms with Crippen molar-refractivity contribution < 1.29 is 15.3 Å². The molecule has 3 nitrogen and oxygen atoms in total. The maximum atomic E-state index is 10.2. The second-order valence-corrected chi connectivity index (χ2v) is 6.14. The molecule has 0 saturated heterocycles. The van der Waals surface area contributed by atoms with Crippen molar-refractivity contribution >= 4 is 0 Å². The van der Waals surface area contributed by atoms with Crippen LogP contribution in [0.4, 0.5) is 0 Å². The Morgan fingerprint density at radius 2 is 1.10 bits per heavy atom. The van der Waals surface area contributed by atoms with Crippen LogP contribution in [-0.4, -0.2) is 34.1 Å². The van der Waals surface area contributed by atoms with Crippen LogP contribution < -0.4 is 0 Å². The Morgan fingerprint density at radius 1 is 0.650 bits per heavy atom. The van der Waals surface area contributed by atoms with Gasteiger partial charge in [-0.25, -0.2) is 0 Å². The molecule has 0 spiro atoms. The molecular weight excluding hydrogens is 252 g/mol. The first-order valence-corrected chi connectivity index (χ1v) is 8.62. The average Bonchev–Trinajstić information content (AvgIpc) is 2.46. The molecule has 0 aromatic heterocycles. The van der Waals surface area contributed by atoms with E-state index >= 15 is 0 Å². The zero-order valence-electron chi connectivity index (χ0n) is 13.4. The van der Waals surface area contributed by atoms with E-state index in [2.05, 4.69) is 6.92 Å². The third kappa shape index (κ3) is 11.7. The first kappa shape index (κ1) is 19.9. The van der Waals surface area contributed by atoms with Gasteiger partial charge in [-0.2, -0.15) is 0 Å². The number of hydrogen-bond acceptors (Lipinski definition) is 3. The minimum absolute atomic E-state index is 0.157. The van der Waals surface area contributed by atoms with Crippen LogP contribution >= 0.6 is 0 Å². The Balaban J connectivity index is 3.45. The fourth-order valence-corrected chi connectivity index (χ4v) is 2.61. The topological polar surface area (TPSA) is 60.7 Å². The highest BCUT2D eigenvalue weighted by atomic mass is 16.3. The van der Waals surface area contributed by atoms with Crippen molar-refractivity contribution in [3.05, 3.63) is 0 Å². The van der Waals surface area contributed by atoms with Crippen LogP contribution in [0.3, 0.4) is 0 Å². The van der Waals surface area contributed by atoms with Gasteiger partial charge in [0, 0.05) is 6.61 Å². The number of rotatable bonds is 15. The first-order valence-electron chi connectivity index (χ1n) is 8.62. The standard InChI is InChI=1S/C17H36O3/c1-2-3-4-5-6-7-8-9-10-13-17(20,16-19)14-11-12-15-18/h18-20H,2-16H2,1H3/t17-/m1/s1. The summed E-state index contributed by atoms with van der Waals surface area (Å²) in [7, 11) is 0. The maximum Gasteiger partial charge on any atom is 0.0877 e. The van der Waals surface area contributed by atoms with Crippen LogP contribution in [-0.2, 0) is 0 Å². The van der Waals surface area contributed by atoms with Crippen molar-refractivity contribution in [3.8, 4) is 0 Å². The summed E-state index contributed by atoms with van der Waals surface area (Å²) in [5.74, 6) is 0. The van der Waals surface area contributed by atoms with Crippen LogP contribution in [0.2, 0.25) is 0 Å². The van der Waals surface area contributed by atoms with E-state index in [0.717, 1.165) is 19.3 Å². The molecule has 0 rings (SSSR count). The summed E-state index contributed by atoms with van der Waals surface area (Å²) in [6.45, 7) is 2.25. The number of hydrogen-bond donors (Lipinski definition) is 3. The lowest BCUT2D eigenvalue weighted by Crippen LogP contribution is -2.33. The molecule has 3 heteroatoms. The van der Waals surface area contributed by atoms with Crippen molar-refractivity contribution in [2.75, 3.05) is 13.2 Å². The molecule has 0 bridgehead atoms. The van der Waals surface area contributed by atoms with Gasteiger partial charge >= 0.3 is 0 Å². The summed E-state index contributed by atoms with van der Waals surface area (Å²) < 4.78 is 0. The van der Waals surface area contributed by atoms with Gasteiger partial charge in [-0.15, -0.1) is 0 Å². The van der Waals surface area contributed by atoms with Crippen molar-refractivity contribution in [1.82, 2.24) is 0 Å². The van der Waals surface area contributed by atoms with Gasteiger partial charge in [0.25, 0.3) is 0 Å². The highest BCUT2D eigenvalue weighted by Crippen LogP contribution is 2.22. The van der Waals surface area contributed by atoms with Gasteiger partial charge in [0.05, 0.1) is 12.2 Å². The Morgan fingerprint density at radius 3 is 1.55 bits per heavy atom. The van der Waals surface area contributed by atoms with Crippen LogP contribution in [0.5, 0.6) is 0 Å². The van der Waals surface area contributed by atoms with Crippen LogP contribution in [0, 0.1) is 0 Å². The minimum atomic E-state index is -0.920. The van der Waals surface area contributed by atoms with Crippen LogP contribution in [0.1, 0.15) is 90.4 Å². The average molecular weight is 288 g/mol. The third-order valence-electron chi connectivity index (χ3n) is 4.09. The highest BCUT2D eigenvalue weighted by molar-refractivity contribution is 4.77. The fraction of sp³-hybridized carbons (Fsp3) is 1.00. The lowest BCUT2D eigenvalue weighted by molar-refractivity contribution is -0.0319. The van der Waals surface area contributed by atoms with Crippen LogP contribution in [0.25, 0.3) is 0 Å². The van der Waals surface area contributed by atoms with Crippen molar-refractivity contribution in [3.63, 3.8) is 0 Å². The van der Waals surface area contributed by atoms with Crippen molar-refractivity contribution in [1.29, 1.82) is 0 Å². The molecule has 0 aliphatic carbocycles. The summed E-state index contributed by atoms with van der Waals surface area (Å²) in [4.78, 5) is 0. The lowest BCUT2D eigenvalue weighted by Gasteiger charge is -2.25. The largest absolute Gasteiger partial charge is 0.396 e. The summed E-state index contributed by atoms with van der Waals surface area (Å²) in [6, 6.07) is 0. The quantitative estimate of drug-likeness (QED) is 0.402. The molecule has 0 amide bonds. The molecular formula is C17H36O3.